The highest BCUT2D eigenvalue weighted by Crippen LogP contribution is 2.40. The molecule has 0 bridgehead atoms. The van der Waals surface area contributed by atoms with Crippen LogP contribution in [-0.4, -0.2) is 0 Å². The van der Waals surface area contributed by atoms with Crippen LogP contribution in [0.5, 0.6) is 0 Å². The number of aryl methyl sites for hydroxylation is 7. The van der Waals surface area contributed by atoms with Gasteiger partial charge in [0, 0.05) is 24.1 Å². The summed E-state index contributed by atoms with van der Waals surface area (Å²) in [4.78, 5) is 5.36. The molecule has 0 saturated heterocycles. The molecule has 0 atom stereocenters. The molecule has 0 radical (unpaired) electrons. The molecule has 0 unspecified atom stereocenters. The van der Waals surface area contributed by atoms with E-state index in [9.17, 15) is 0 Å². The Morgan fingerprint density at radius 2 is 1.00 bits per heavy atom. The van der Waals surface area contributed by atoms with E-state index in [1.54, 1.807) is 0 Å². The van der Waals surface area contributed by atoms with Gasteiger partial charge in [-0.15, -0.1) is 0 Å². The Balaban J connectivity index is 1.92. The van der Waals surface area contributed by atoms with E-state index in [0.717, 1.165) is 0 Å². The van der Waals surface area contributed by atoms with Crippen LogP contribution in [0.1, 0.15) is 38.9 Å². The summed E-state index contributed by atoms with van der Waals surface area (Å²) in [6.45, 7) is 15.4. The molecule has 146 valence electrons. The first kappa shape index (κ1) is 21.5. The van der Waals surface area contributed by atoms with Crippen molar-refractivity contribution in [1.82, 2.24) is 0 Å². The van der Waals surface area contributed by atoms with E-state index in [1.165, 1.54) is 63.0 Å². The zero-order chi connectivity index (χ0) is 20.6. The molecule has 0 N–H and O–H groups in total. The molecule has 28 heavy (non-hydrogen) atoms. The fraction of sp³-hybridized carbons (Fsp3) is 0.280. The molecule has 0 aliphatic carbocycles. The van der Waals surface area contributed by atoms with Gasteiger partial charge in [-0.1, -0.05) is 57.1 Å². The first-order valence-corrected chi connectivity index (χ1v) is 11.9. The molecular weight excluding hydrogens is 444 g/mol. The Hall–Kier alpha value is -1.16. The van der Waals surface area contributed by atoms with E-state index in [4.69, 9.17) is 0 Å². The van der Waals surface area contributed by atoms with Gasteiger partial charge in [0.15, 0.2) is 0 Å². The summed E-state index contributed by atoms with van der Waals surface area (Å²) in [5.74, 6) is 0. The maximum absolute atomic E-state index is 3.67. The van der Waals surface area contributed by atoms with Crippen molar-refractivity contribution in [2.75, 3.05) is 0 Å². The van der Waals surface area contributed by atoms with Gasteiger partial charge in [0.25, 0.3) is 0 Å². The molecule has 0 fully saturated rings. The molecule has 0 aromatic heterocycles. The third-order valence-corrected chi connectivity index (χ3v) is 8.82. The second-order valence-electron chi connectivity index (χ2n) is 7.69. The summed E-state index contributed by atoms with van der Waals surface area (Å²) >= 11 is 7.43. The lowest BCUT2D eigenvalue weighted by Gasteiger charge is -2.15. The molecule has 0 aliphatic rings. The van der Waals surface area contributed by atoms with E-state index in [-0.39, 0.29) is 0 Å². The van der Waals surface area contributed by atoms with Crippen LogP contribution >= 0.6 is 39.5 Å². The maximum atomic E-state index is 3.67. The largest absolute Gasteiger partial charge is 0.0898 e. The van der Waals surface area contributed by atoms with Crippen LogP contribution in [0.3, 0.4) is 0 Å². The molecule has 0 amide bonds. The molecule has 3 aromatic rings. The quantitative estimate of drug-likeness (QED) is 0.373. The molecule has 0 heterocycles. The van der Waals surface area contributed by atoms with Crippen LogP contribution < -0.4 is 0 Å². The number of rotatable bonds is 4. The van der Waals surface area contributed by atoms with E-state index in [1.807, 2.05) is 23.5 Å². The van der Waals surface area contributed by atoms with Crippen LogP contribution in [0, 0.1) is 48.5 Å². The van der Waals surface area contributed by atoms with Crippen molar-refractivity contribution in [1.29, 1.82) is 0 Å². The topological polar surface area (TPSA) is 0 Å². The summed E-state index contributed by atoms with van der Waals surface area (Å²) in [6.07, 6.45) is 0. The van der Waals surface area contributed by atoms with Crippen LogP contribution in [0.15, 0.2) is 60.5 Å². The molecule has 0 saturated carbocycles. The molecular formula is C25H27BrS2. The van der Waals surface area contributed by atoms with E-state index in [2.05, 4.69) is 101 Å². The van der Waals surface area contributed by atoms with Crippen molar-refractivity contribution in [3.8, 4) is 0 Å². The maximum Gasteiger partial charge on any atom is 0.0234 e. The second kappa shape index (κ2) is 8.69. The summed E-state index contributed by atoms with van der Waals surface area (Å²) in [5.41, 5.74) is 9.29. The zero-order valence-corrected chi connectivity index (χ0v) is 20.9. The van der Waals surface area contributed by atoms with Gasteiger partial charge in [0.2, 0.25) is 0 Å². The van der Waals surface area contributed by atoms with Crippen molar-refractivity contribution in [2.24, 2.45) is 0 Å². The standard InChI is InChI=1S/C25H27BrS2/c1-14-8-19(6)25(20(7)9-14)28-23-13-15(2)22(12-16(23)3)27-21-10-17(4)24(26)18(5)11-21/h8-13H,1-7H3. The van der Waals surface area contributed by atoms with Gasteiger partial charge in [0.1, 0.15) is 0 Å². The highest BCUT2D eigenvalue weighted by molar-refractivity contribution is 9.10. The van der Waals surface area contributed by atoms with Crippen molar-refractivity contribution >= 4 is 39.5 Å². The van der Waals surface area contributed by atoms with Gasteiger partial charge in [0.05, 0.1) is 0 Å². The number of benzene rings is 3. The minimum Gasteiger partial charge on any atom is -0.0898 e. The van der Waals surface area contributed by atoms with Gasteiger partial charge >= 0.3 is 0 Å². The van der Waals surface area contributed by atoms with Crippen molar-refractivity contribution in [2.45, 2.75) is 68.0 Å². The lowest BCUT2D eigenvalue weighted by atomic mass is 10.1. The molecule has 3 aromatic carbocycles. The SMILES string of the molecule is Cc1cc(C)c(Sc2cc(C)c(Sc3cc(C)c(Br)c(C)c3)cc2C)c(C)c1. The third kappa shape index (κ3) is 4.69. The monoisotopic (exact) mass is 470 g/mol. The Kier molecular flexibility index (Phi) is 6.69. The fourth-order valence-electron chi connectivity index (χ4n) is 3.51. The molecule has 0 aliphatic heterocycles. The Morgan fingerprint density at radius 3 is 1.50 bits per heavy atom. The number of hydrogen-bond acceptors (Lipinski definition) is 2. The first-order chi connectivity index (χ1) is 13.2. The normalized spacial score (nSPS) is 11.1. The van der Waals surface area contributed by atoms with E-state index < -0.39 is 0 Å². The fourth-order valence-corrected chi connectivity index (χ4v) is 6.04. The molecule has 0 nitrogen and oxygen atoms in total. The lowest BCUT2D eigenvalue weighted by molar-refractivity contribution is 1.15. The van der Waals surface area contributed by atoms with Gasteiger partial charge in [-0.05, 0) is 106 Å². The minimum absolute atomic E-state index is 1.21. The smallest absolute Gasteiger partial charge is 0.0234 e. The van der Waals surface area contributed by atoms with Crippen molar-refractivity contribution < 1.29 is 0 Å². The molecule has 0 spiro atoms. The highest BCUT2D eigenvalue weighted by atomic mass is 79.9. The second-order valence-corrected chi connectivity index (χ2v) is 10.6. The third-order valence-electron chi connectivity index (χ3n) is 4.93. The summed E-state index contributed by atoms with van der Waals surface area (Å²) in [6, 6.07) is 13.8. The summed E-state index contributed by atoms with van der Waals surface area (Å²) in [5, 5.41) is 0. The minimum atomic E-state index is 1.21. The van der Waals surface area contributed by atoms with E-state index >= 15 is 0 Å². The zero-order valence-electron chi connectivity index (χ0n) is 17.7. The Morgan fingerprint density at radius 1 is 0.536 bits per heavy atom. The highest BCUT2D eigenvalue weighted by Gasteiger charge is 2.12. The number of hydrogen-bond donors (Lipinski definition) is 0. The summed E-state index contributed by atoms with van der Waals surface area (Å²) in [7, 11) is 0. The van der Waals surface area contributed by atoms with Crippen LogP contribution in [-0.2, 0) is 0 Å². The van der Waals surface area contributed by atoms with Crippen LogP contribution in [0.2, 0.25) is 0 Å². The Bertz CT molecular complexity index is 1000. The van der Waals surface area contributed by atoms with Gasteiger partial charge in [-0.2, -0.15) is 0 Å². The van der Waals surface area contributed by atoms with Crippen LogP contribution in [0.25, 0.3) is 0 Å². The molecule has 3 rings (SSSR count). The first-order valence-electron chi connectivity index (χ1n) is 9.47. The van der Waals surface area contributed by atoms with Crippen molar-refractivity contribution in [3.63, 3.8) is 0 Å². The average molecular weight is 472 g/mol. The number of halogens is 1. The van der Waals surface area contributed by atoms with Crippen molar-refractivity contribution in [3.05, 3.63) is 79.8 Å². The molecule has 3 heteroatoms. The van der Waals surface area contributed by atoms with Gasteiger partial charge in [-0.25, -0.2) is 0 Å². The Labute approximate surface area is 186 Å². The average Bonchev–Trinajstić information content (AvgIpc) is 2.59. The lowest BCUT2D eigenvalue weighted by Crippen LogP contribution is -1.91. The van der Waals surface area contributed by atoms with Gasteiger partial charge < -0.3 is 0 Å². The van der Waals surface area contributed by atoms with Gasteiger partial charge in [-0.3, -0.25) is 0 Å². The summed E-state index contributed by atoms with van der Waals surface area (Å²) < 4.78 is 1.21. The van der Waals surface area contributed by atoms with Crippen LogP contribution in [0.4, 0.5) is 0 Å². The predicted molar refractivity (Wildman–Crippen MR) is 128 cm³/mol. The predicted octanol–water partition coefficient (Wildman–Crippen LogP) is 8.91. The van der Waals surface area contributed by atoms with E-state index in [0.29, 0.717) is 0 Å².